The molecule has 0 N–H and O–H groups in total. The second-order valence-electron chi connectivity index (χ2n) is 2.27. The fourth-order valence-electron chi connectivity index (χ4n) is 0.885. The fourth-order valence-corrected chi connectivity index (χ4v) is 0.885. The fraction of sp³-hybridized carbons (Fsp3) is 0.571. The van der Waals surface area contributed by atoms with Crippen molar-refractivity contribution in [3.05, 3.63) is 17.4 Å². The van der Waals surface area contributed by atoms with Crippen molar-refractivity contribution in [2.45, 2.75) is 20.3 Å². The van der Waals surface area contributed by atoms with Crippen molar-refractivity contribution >= 4 is 0 Å². The molecule has 1 aliphatic carbocycles. The van der Waals surface area contributed by atoms with E-state index < -0.39 is 0 Å². The van der Waals surface area contributed by atoms with Crippen LogP contribution in [0.15, 0.2) is 17.4 Å². The number of hydrogen-bond acceptors (Lipinski definition) is 0. The molecule has 0 aromatic heterocycles. The molecule has 0 heteroatoms. The predicted octanol–water partition coefficient (Wildman–Crippen LogP) is 2.13. The molecule has 0 saturated heterocycles. The molecule has 0 nitrogen and oxygen atoms in total. The molecule has 0 fully saturated rings. The van der Waals surface area contributed by atoms with E-state index in [2.05, 4.69) is 25.7 Å². The Morgan fingerprint density at radius 1 is 1.86 bits per heavy atom. The van der Waals surface area contributed by atoms with Crippen molar-refractivity contribution in [1.82, 2.24) is 0 Å². The first-order valence-electron chi connectivity index (χ1n) is 2.71. The van der Waals surface area contributed by atoms with Crippen LogP contribution in [0.3, 0.4) is 0 Å². The number of allylic oxidation sites excluding steroid dienone is 1. The zero-order valence-electron chi connectivity index (χ0n) is 4.86. The van der Waals surface area contributed by atoms with Crippen molar-refractivity contribution in [2.75, 3.05) is 0 Å². The van der Waals surface area contributed by atoms with E-state index in [4.69, 9.17) is 0 Å². The molecule has 0 spiro atoms. The predicted molar refractivity (Wildman–Crippen MR) is 31.1 cm³/mol. The quantitative estimate of drug-likeness (QED) is 0.403. The Hall–Kier alpha value is -0.480. The van der Waals surface area contributed by atoms with E-state index in [-0.39, 0.29) is 0 Å². The third-order valence-electron chi connectivity index (χ3n) is 1.24. The van der Waals surface area contributed by atoms with Crippen LogP contribution in [-0.2, 0) is 0 Å². The molecule has 0 amide bonds. The average molecular weight is 94.2 g/mol. The summed E-state index contributed by atoms with van der Waals surface area (Å²) in [4.78, 5) is 0. The molecule has 0 heterocycles. The van der Waals surface area contributed by atoms with Crippen LogP contribution in [0.1, 0.15) is 20.3 Å². The minimum Gasteiger partial charge on any atom is -0.126 e. The maximum atomic E-state index is 3.16. The minimum atomic E-state index is 0.750. The van der Waals surface area contributed by atoms with Crippen LogP contribution in [0.25, 0.3) is 0 Å². The van der Waals surface area contributed by atoms with Crippen molar-refractivity contribution < 1.29 is 0 Å². The van der Waals surface area contributed by atoms with Gasteiger partial charge in [-0.3, -0.25) is 0 Å². The maximum absolute atomic E-state index is 3.16. The van der Waals surface area contributed by atoms with E-state index in [0.717, 1.165) is 5.92 Å². The van der Waals surface area contributed by atoms with Crippen LogP contribution in [0.2, 0.25) is 0 Å². The number of hydrogen-bond donors (Lipinski definition) is 0. The van der Waals surface area contributed by atoms with E-state index in [9.17, 15) is 0 Å². The molecule has 1 aliphatic rings. The van der Waals surface area contributed by atoms with Gasteiger partial charge in [0.05, 0.1) is 0 Å². The van der Waals surface area contributed by atoms with Gasteiger partial charge < -0.3 is 0 Å². The topological polar surface area (TPSA) is 0 Å². The summed E-state index contributed by atoms with van der Waals surface area (Å²) in [7, 11) is 0. The van der Waals surface area contributed by atoms with E-state index in [0.29, 0.717) is 0 Å². The Labute approximate surface area is 44.5 Å². The monoisotopic (exact) mass is 94.1 g/mol. The Morgan fingerprint density at radius 2 is 2.57 bits per heavy atom. The third kappa shape index (κ3) is 0.942. The first kappa shape index (κ1) is 4.67. The Kier molecular flexibility index (Phi) is 1.04. The van der Waals surface area contributed by atoms with Crippen molar-refractivity contribution in [1.29, 1.82) is 0 Å². The molecule has 0 aliphatic heterocycles. The van der Waals surface area contributed by atoms with Gasteiger partial charge in [-0.25, -0.2) is 0 Å². The van der Waals surface area contributed by atoms with Crippen LogP contribution in [-0.4, -0.2) is 0 Å². The lowest BCUT2D eigenvalue weighted by Gasteiger charge is -1.93. The SMILES string of the molecule is CC1=C=C[C@@H](C)C1. The first-order chi connectivity index (χ1) is 3.29. The standard InChI is InChI=1S/C7H10/c1-6-3-4-7(2)5-6/h3,6H,5H2,1-2H3/t6-/m1/s1. The van der Waals surface area contributed by atoms with Gasteiger partial charge in [-0.2, -0.15) is 0 Å². The zero-order chi connectivity index (χ0) is 5.28. The molecule has 0 saturated carbocycles. The Balaban J connectivity index is 2.62. The van der Waals surface area contributed by atoms with Crippen LogP contribution >= 0.6 is 0 Å². The highest BCUT2D eigenvalue weighted by Gasteiger charge is 2.01. The third-order valence-corrected chi connectivity index (χ3v) is 1.24. The molecular formula is C7H10. The molecule has 7 heavy (non-hydrogen) atoms. The highest BCUT2D eigenvalue weighted by Crippen LogP contribution is 2.15. The summed E-state index contributed by atoms with van der Waals surface area (Å²) in [5.74, 6) is 0.750. The molecule has 0 unspecified atom stereocenters. The largest absolute Gasteiger partial charge is 0.126 e. The minimum absolute atomic E-state index is 0.750. The Morgan fingerprint density at radius 3 is 2.71 bits per heavy atom. The molecule has 0 radical (unpaired) electrons. The van der Waals surface area contributed by atoms with Crippen molar-refractivity contribution in [3.63, 3.8) is 0 Å². The van der Waals surface area contributed by atoms with Gasteiger partial charge in [0.2, 0.25) is 0 Å². The summed E-state index contributed by atoms with van der Waals surface area (Å²) < 4.78 is 0. The maximum Gasteiger partial charge on any atom is -0.0143 e. The molecular weight excluding hydrogens is 84.1 g/mol. The molecule has 0 bridgehead atoms. The average Bonchev–Trinajstić information content (AvgIpc) is 1.87. The highest BCUT2D eigenvalue weighted by molar-refractivity contribution is 5.08. The van der Waals surface area contributed by atoms with E-state index in [1.54, 1.807) is 0 Å². The first-order valence-corrected chi connectivity index (χ1v) is 2.71. The summed E-state index contributed by atoms with van der Waals surface area (Å²) in [5.41, 5.74) is 4.56. The lowest BCUT2D eigenvalue weighted by Crippen LogP contribution is -1.81. The van der Waals surface area contributed by atoms with Gasteiger partial charge in [0.15, 0.2) is 0 Å². The molecule has 1 rings (SSSR count). The summed E-state index contributed by atoms with van der Waals surface area (Å²) in [6, 6.07) is 0. The molecule has 0 aromatic carbocycles. The summed E-state index contributed by atoms with van der Waals surface area (Å²) >= 11 is 0. The van der Waals surface area contributed by atoms with Gasteiger partial charge in [-0.15, -0.1) is 5.73 Å². The molecule has 0 aromatic rings. The second-order valence-corrected chi connectivity index (χ2v) is 2.27. The Bertz CT molecular complexity index is 125. The van der Waals surface area contributed by atoms with Crippen LogP contribution < -0.4 is 0 Å². The van der Waals surface area contributed by atoms with E-state index in [1.165, 1.54) is 12.0 Å². The lowest BCUT2D eigenvalue weighted by molar-refractivity contribution is 0.742. The zero-order valence-corrected chi connectivity index (χ0v) is 4.86. The van der Waals surface area contributed by atoms with Crippen LogP contribution in [0.5, 0.6) is 0 Å². The van der Waals surface area contributed by atoms with Gasteiger partial charge in [0.25, 0.3) is 0 Å². The van der Waals surface area contributed by atoms with Crippen molar-refractivity contribution in [3.8, 4) is 0 Å². The van der Waals surface area contributed by atoms with Gasteiger partial charge in [-0.05, 0) is 30.9 Å². The highest BCUT2D eigenvalue weighted by atomic mass is 14.1. The molecule has 38 valence electrons. The molecule has 1 atom stereocenters. The summed E-state index contributed by atoms with van der Waals surface area (Å²) in [6.07, 6.45) is 3.36. The van der Waals surface area contributed by atoms with Gasteiger partial charge in [0.1, 0.15) is 0 Å². The summed E-state index contributed by atoms with van der Waals surface area (Å²) in [5, 5.41) is 0. The van der Waals surface area contributed by atoms with Gasteiger partial charge in [0, 0.05) is 0 Å². The normalized spacial score (nSPS) is 28.3. The van der Waals surface area contributed by atoms with E-state index >= 15 is 0 Å². The second kappa shape index (κ2) is 1.55. The van der Waals surface area contributed by atoms with Crippen LogP contribution in [0.4, 0.5) is 0 Å². The summed E-state index contributed by atoms with van der Waals surface area (Å²) in [6.45, 7) is 4.34. The number of rotatable bonds is 0. The lowest BCUT2D eigenvalue weighted by atomic mass is 10.1. The smallest absolute Gasteiger partial charge is 0.0143 e. The van der Waals surface area contributed by atoms with Crippen LogP contribution in [0, 0.1) is 5.92 Å². The van der Waals surface area contributed by atoms with Gasteiger partial charge in [-0.1, -0.05) is 6.92 Å². The van der Waals surface area contributed by atoms with E-state index in [1.807, 2.05) is 0 Å². The van der Waals surface area contributed by atoms with Crippen molar-refractivity contribution in [2.24, 2.45) is 5.92 Å². The van der Waals surface area contributed by atoms with Gasteiger partial charge >= 0.3 is 0 Å².